The molecule has 4 rings (SSSR count). The van der Waals surface area contributed by atoms with Crippen LogP contribution in [0, 0.1) is 5.92 Å². The van der Waals surface area contributed by atoms with Crippen molar-refractivity contribution in [1.29, 1.82) is 0 Å². The SMILES string of the molecule is CC(C)c1cccc(N2CC(C(=O)Nc3ccc(C(=O)Nc4nccs4)cc3)CC2=O)c1. The molecule has 2 N–H and O–H groups in total. The quantitative estimate of drug-likeness (QED) is 0.580. The van der Waals surface area contributed by atoms with E-state index >= 15 is 0 Å². The van der Waals surface area contributed by atoms with E-state index in [-0.39, 0.29) is 24.1 Å². The summed E-state index contributed by atoms with van der Waals surface area (Å²) in [6.45, 7) is 4.56. The molecule has 1 aliphatic heterocycles. The van der Waals surface area contributed by atoms with Crippen molar-refractivity contribution in [3.8, 4) is 0 Å². The lowest BCUT2D eigenvalue weighted by atomic mass is 10.0. The van der Waals surface area contributed by atoms with Gasteiger partial charge >= 0.3 is 0 Å². The second-order valence-electron chi connectivity index (χ2n) is 8.01. The molecule has 1 atom stereocenters. The van der Waals surface area contributed by atoms with Crippen LogP contribution in [0.25, 0.3) is 0 Å². The van der Waals surface area contributed by atoms with Crippen molar-refractivity contribution in [3.05, 3.63) is 71.2 Å². The Bertz CT molecular complexity index is 1130. The third-order valence-corrected chi connectivity index (χ3v) is 6.10. The van der Waals surface area contributed by atoms with Gasteiger partial charge in [-0.3, -0.25) is 19.7 Å². The summed E-state index contributed by atoms with van der Waals surface area (Å²) in [5, 5.41) is 7.89. The number of benzene rings is 2. The fourth-order valence-electron chi connectivity index (χ4n) is 3.59. The predicted molar refractivity (Wildman–Crippen MR) is 126 cm³/mol. The molecular formula is C24H24N4O3S. The van der Waals surface area contributed by atoms with Crippen molar-refractivity contribution in [3.63, 3.8) is 0 Å². The minimum atomic E-state index is -0.432. The Morgan fingerprint density at radius 1 is 1.12 bits per heavy atom. The molecule has 2 aromatic carbocycles. The summed E-state index contributed by atoms with van der Waals surface area (Å²) >= 11 is 1.34. The van der Waals surface area contributed by atoms with Crippen LogP contribution >= 0.6 is 11.3 Å². The molecule has 1 aromatic heterocycles. The number of hydrogen-bond donors (Lipinski definition) is 2. The summed E-state index contributed by atoms with van der Waals surface area (Å²) < 4.78 is 0. The second-order valence-corrected chi connectivity index (χ2v) is 8.91. The van der Waals surface area contributed by atoms with Gasteiger partial charge in [-0.2, -0.15) is 0 Å². The lowest BCUT2D eigenvalue weighted by molar-refractivity contribution is -0.122. The fraction of sp³-hybridized carbons (Fsp3) is 0.250. The molecule has 0 bridgehead atoms. The third kappa shape index (κ3) is 4.86. The smallest absolute Gasteiger partial charge is 0.257 e. The lowest BCUT2D eigenvalue weighted by Crippen LogP contribution is -2.28. The topological polar surface area (TPSA) is 91.4 Å². The molecule has 8 heteroatoms. The van der Waals surface area contributed by atoms with Gasteiger partial charge in [-0.05, 0) is 47.9 Å². The zero-order chi connectivity index (χ0) is 22.7. The first-order chi connectivity index (χ1) is 15.4. The number of nitrogens with one attached hydrogen (secondary N) is 2. The highest BCUT2D eigenvalue weighted by Gasteiger charge is 2.35. The summed E-state index contributed by atoms with van der Waals surface area (Å²) in [5.41, 5.74) is 3.02. The van der Waals surface area contributed by atoms with Gasteiger partial charge in [0, 0.05) is 41.5 Å². The van der Waals surface area contributed by atoms with Gasteiger partial charge in [0.25, 0.3) is 5.91 Å². The molecular weight excluding hydrogens is 424 g/mol. The third-order valence-electron chi connectivity index (χ3n) is 5.41. The Labute approximate surface area is 190 Å². The maximum absolute atomic E-state index is 12.8. The van der Waals surface area contributed by atoms with E-state index in [2.05, 4.69) is 29.5 Å². The second kappa shape index (κ2) is 9.32. The Morgan fingerprint density at radius 3 is 2.59 bits per heavy atom. The minimum absolute atomic E-state index is 0.0553. The molecule has 0 aliphatic carbocycles. The Morgan fingerprint density at radius 2 is 1.91 bits per heavy atom. The number of carbonyl (C=O) groups excluding carboxylic acids is 3. The van der Waals surface area contributed by atoms with Gasteiger partial charge in [0.1, 0.15) is 0 Å². The molecule has 164 valence electrons. The van der Waals surface area contributed by atoms with E-state index in [0.717, 1.165) is 11.3 Å². The molecule has 32 heavy (non-hydrogen) atoms. The number of amides is 3. The molecule has 2 heterocycles. The van der Waals surface area contributed by atoms with E-state index in [4.69, 9.17) is 0 Å². The zero-order valence-electron chi connectivity index (χ0n) is 17.9. The largest absolute Gasteiger partial charge is 0.326 e. The van der Waals surface area contributed by atoms with Crippen molar-refractivity contribution in [1.82, 2.24) is 4.98 Å². The Hall–Kier alpha value is -3.52. The molecule has 0 radical (unpaired) electrons. The van der Waals surface area contributed by atoms with Crippen LogP contribution in [-0.4, -0.2) is 29.3 Å². The van der Waals surface area contributed by atoms with E-state index in [0.29, 0.717) is 28.8 Å². The monoisotopic (exact) mass is 448 g/mol. The maximum atomic E-state index is 12.8. The van der Waals surface area contributed by atoms with Crippen molar-refractivity contribution >= 4 is 45.6 Å². The van der Waals surface area contributed by atoms with E-state index in [1.807, 2.05) is 24.3 Å². The maximum Gasteiger partial charge on any atom is 0.257 e. The number of thiazole rings is 1. The van der Waals surface area contributed by atoms with E-state index in [1.165, 1.54) is 11.3 Å². The van der Waals surface area contributed by atoms with Crippen LogP contribution in [0.2, 0.25) is 0 Å². The molecule has 1 saturated heterocycles. The summed E-state index contributed by atoms with van der Waals surface area (Å²) in [7, 11) is 0. The minimum Gasteiger partial charge on any atom is -0.326 e. The fourth-order valence-corrected chi connectivity index (χ4v) is 4.11. The van der Waals surface area contributed by atoms with Crippen LogP contribution in [0.4, 0.5) is 16.5 Å². The van der Waals surface area contributed by atoms with E-state index in [1.54, 1.807) is 40.7 Å². The highest BCUT2D eigenvalue weighted by atomic mass is 32.1. The molecule has 0 spiro atoms. The van der Waals surface area contributed by atoms with Gasteiger partial charge in [0.2, 0.25) is 11.8 Å². The van der Waals surface area contributed by atoms with Crippen LogP contribution in [0.5, 0.6) is 0 Å². The molecule has 0 saturated carbocycles. The first-order valence-corrected chi connectivity index (χ1v) is 11.3. The highest BCUT2D eigenvalue weighted by molar-refractivity contribution is 7.13. The number of rotatable bonds is 6. The number of nitrogens with zero attached hydrogens (tertiary/aromatic N) is 2. The number of hydrogen-bond acceptors (Lipinski definition) is 5. The first kappa shape index (κ1) is 21.7. The van der Waals surface area contributed by atoms with Crippen LogP contribution in [0.15, 0.2) is 60.1 Å². The van der Waals surface area contributed by atoms with Crippen molar-refractivity contribution < 1.29 is 14.4 Å². The van der Waals surface area contributed by atoms with Gasteiger partial charge in [0.05, 0.1) is 5.92 Å². The Balaban J connectivity index is 1.37. The normalized spacial score (nSPS) is 15.8. The van der Waals surface area contributed by atoms with Gasteiger partial charge in [-0.25, -0.2) is 4.98 Å². The number of carbonyl (C=O) groups is 3. The van der Waals surface area contributed by atoms with Crippen molar-refractivity contribution in [2.24, 2.45) is 5.92 Å². The van der Waals surface area contributed by atoms with Gasteiger partial charge in [-0.15, -0.1) is 11.3 Å². The van der Waals surface area contributed by atoms with Crippen LogP contribution in [0.1, 0.15) is 42.1 Å². The predicted octanol–water partition coefficient (Wildman–Crippen LogP) is 4.51. The van der Waals surface area contributed by atoms with E-state index in [9.17, 15) is 14.4 Å². The lowest BCUT2D eigenvalue weighted by Gasteiger charge is -2.18. The molecule has 1 fully saturated rings. The first-order valence-electron chi connectivity index (χ1n) is 10.4. The summed E-state index contributed by atoms with van der Waals surface area (Å²) in [6.07, 6.45) is 1.79. The van der Waals surface area contributed by atoms with Gasteiger partial charge in [0.15, 0.2) is 5.13 Å². The van der Waals surface area contributed by atoms with Crippen LogP contribution in [0.3, 0.4) is 0 Å². The molecule has 3 aromatic rings. The summed E-state index contributed by atoms with van der Waals surface area (Å²) in [4.78, 5) is 43.3. The van der Waals surface area contributed by atoms with Crippen molar-refractivity contribution in [2.45, 2.75) is 26.2 Å². The average molecular weight is 449 g/mol. The summed E-state index contributed by atoms with van der Waals surface area (Å²) in [5.74, 6) is -0.601. The van der Waals surface area contributed by atoms with Crippen LogP contribution < -0.4 is 15.5 Å². The zero-order valence-corrected chi connectivity index (χ0v) is 18.7. The van der Waals surface area contributed by atoms with Gasteiger partial charge in [-0.1, -0.05) is 26.0 Å². The standard InChI is InChI=1S/C24H24N4O3S/c1-15(2)17-4-3-5-20(12-17)28-14-18(13-21(28)29)23(31)26-19-8-6-16(7-9-19)22(30)27-24-25-10-11-32-24/h3-12,15,18H,13-14H2,1-2H3,(H,26,31)(H,25,27,30). The number of anilines is 3. The highest BCUT2D eigenvalue weighted by Crippen LogP contribution is 2.28. The summed E-state index contributed by atoms with van der Waals surface area (Å²) in [6, 6.07) is 14.5. The van der Waals surface area contributed by atoms with E-state index < -0.39 is 5.92 Å². The van der Waals surface area contributed by atoms with Crippen molar-refractivity contribution in [2.75, 3.05) is 22.1 Å². The van der Waals surface area contributed by atoms with Gasteiger partial charge < -0.3 is 10.2 Å². The molecule has 7 nitrogen and oxygen atoms in total. The van der Waals surface area contributed by atoms with Crippen LogP contribution in [-0.2, 0) is 9.59 Å². The Kier molecular flexibility index (Phi) is 6.32. The molecule has 1 unspecified atom stereocenters. The number of aromatic nitrogens is 1. The average Bonchev–Trinajstić information content (AvgIpc) is 3.44. The molecule has 3 amide bonds. The molecule has 1 aliphatic rings.